The first kappa shape index (κ1) is 22.1. The number of halogens is 1. The third kappa shape index (κ3) is 5.42. The summed E-state index contributed by atoms with van der Waals surface area (Å²) < 4.78 is 15.9. The highest BCUT2D eigenvalue weighted by Gasteiger charge is 2.37. The summed E-state index contributed by atoms with van der Waals surface area (Å²) in [5, 5.41) is -0.223. The van der Waals surface area contributed by atoms with Gasteiger partial charge >= 0.3 is 5.97 Å². The Bertz CT molecular complexity index is 830. The topological polar surface area (TPSA) is 82.1 Å². The fourth-order valence-electron chi connectivity index (χ4n) is 2.42. The highest BCUT2D eigenvalue weighted by atomic mass is 35.5. The Morgan fingerprint density at radius 3 is 2.54 bits per heavy atom. The number of thioether (sulfide) groups is 1. The van der Waals surface area contributed by atoms with Gasteiger partial charge in [0.15, 0.2) is 11.5 Å². The van der Waals surface area contributed by atoms with Crippen LogP contribution in [-0.4, -0.2) is 47.9 Å². The summed E-state index contributed by atoms with van der Waals surface area (Å²) in [6.07, 6.45) is 1.52. The van der Waals surface area contributed by atoms with Crippen molar-refractivity contribution in [2.24, 2.45) is 0 Å². The molecule has 0 unspecified atom stereocenters. The molecule has 0 atom stereocenters. The highest BCUT2D eigenvalue weighted by molar-refractivity contribution is 8.18. The number of carbonyl (C=O) groups is 3. The number of methoxy groups -OCH3 is 1. The molecule has 0 spiro atoms. The minimum atomic E-state index is -0.704. The summed E-state index contributed by atoms with van der Waals surface area (Å²) in [4.78, 5) is 37.7. The lowest BCUT2D eigenvalue weighted by molar-refractivity contribution is -0.156. The van der Waals surface area contributed by atoms with Crippen LogP contribution >= 0.6 is 23.4 Å². The zero-order valence-corrected chi connectivity index (χ0v) is 17.9. The number of carbonyl (C=O) groups excluding carboxylic acids is 3. The molecule has 0 saturated carbocycles. The lowest BCUT2D eigenvalue weighted by atomic mass is 10.1. The van der Waals surface area contributed by atoms with Gasteiger partial charge in [-0.15, -0.1) is 0 Å². The Kier molecular flexibility index (Phi) is 7.01. The first-order chi connectivity index (χ1) is 13.1. The summed E-state index contributed by atoms with van der Waals surface area (Å²) in [6, 6.07) is 3.26. The molecule has 0 radical (unpaired) electrons. The van der Waals surface area contributed by atoms with Crippen molar-refractivity contribution in [1.82, 2.24) is 4.90 Å². The predicted octanol–water partition coefficient (Wildman–Crippen LogP) is 4.13. The van der Waals surface area contributed by atoms with E-state index in [9.17, 15) is 14.4 Å². The van der Waals surface area contributed by atoms with Crippen LogP contribution in [0.5, 0.6) is 11.5 Å². The maximum atomic E-state index is 12.6. The van der Waals surface area contributed by atoms with Crippen molar-refractivity contribution in [1.29, 1.82) is 0 Å². The van der Waals surface area contributed by atoms with Crippen LogP contribution in [0.25, 0.3) is 6.08 Å². The van der Waals surface area contributed by atoms with E-state index in [0.29, 0.717) is 28.7 Å². The van der Waals surface area contributed by atoms with E-state index < -0.39 is 29.3 Å². The molecule has 1 fully saturated rings. The van der Waals surface area contributed by atoms with E-state index in [1.807, 2.05) is 6.92 Å². The van der Waals surface area contributed by atoms with Gasteiger partial charge in [-0.05, 0) is 63.2 Å². The van der Waals surface area contributed by atoms with Gasteiger partial charge in [-0.1, -0.05) is 11.6 Å². The largest absolute Gasteiger partial charge is 0.491 e. The maximum Gasteiger partial charge on any atom is 0.326 e. The van der Waals surface area contributed by atoms with Crippen LogP contribution in [0.4, 0.5) is 4.79 Å². The van der Waals surface area contributed by atoms with Gasteiger partial charge in [0.25, 0.3) is 11.1 Å². The highest BCUT2D eigenvalue weighted by Crippen LogP contribution is 2.38. The Morgan fingerprint density at radius 1 is 1.29 bits per heavy atom. The van der Waals surface area contributed by atoms with Crippen LogP contribution in [0, 0.1) is 0 Å². The number of hydrogen-bond acceptors (Lipinski definition) is 7. The van der Waals surface area contributed by atoms with E-state index >= 15 is 0 Å². The number of nitrogens with zero attached hydrogens (tertiary/aromatic N) is 1. The minimum Gasteiger partial charge on any atom is -0.491 e. The molecular weight excluding hydrogens is 406 g/mol. The lowest BCUT2D eigenvalue weighted by Crippen LogP contribution is -2.37. The number of amides is 2. The molecule has 0 aromatic heterocycles. The third-order valence-electron chi connectivity index (χ3n) is 3.41. The van der Waals surface area contributed by atoms with Crippen molar-refractivity contribution in [3.63, 3.8) is 0 Å². The molecule has 1 saturated heterocycles. The van der Waals surface area contributed by atoms with Crippen LogP contribution in [-0.2, 0) is 14.3 Å². The zero-order chi connectivity index (χ0) is 21.1. The molecule has 0 bridgehead atoms. The van der Waals surface area contributed by atoms with Crippen molar-refractivity contribution in [3.05, 3.63) is 27.6 Å². The zero-order valence-electron chi connectivity index (χ0n) is 16.3. The molecule has 1 aliphatic rings. The van der Waals surface area contributed by atoms with E-state index in [1.54, 1.807) is 32.9 Å². The van der Waals surface area contributed by atoms with Gasteiger partial charge < -0.3 is 14.2 Å². The lowest BCUT2D eigenvalue weighted by Gasteiger charge is -2.21. The molecule has 1 heterocycles. The smallest absolute Gasteiger partial charge is 0.326 e. The normalized spacial score (nSPS) is 15.9. The Morgan fingerprint density at radius 2 is 1.96 bits per heavy atom. The number of hydrogen-bond donors (Lipinski definition) is 0. The Balaban J connectivity index is 2.25. The average molecular weight is 428 g/mol. The molecule has 28 heavy (non-hydrogen) atoms. The molecule has 2 rings (SSSR count). The van der Waals surface area contributed by atoms with Crippen LogP contribution in [0.1, 0.15) is 33.3 Å². The molecule has 1 aromatic carbocycles. The van der Waals surface area contributed by atoms with Gasteiger partial charge in [0.1, 0.15) is 12.1 Å². The van der Waals surface area contributed by atoms with Gasteiger partial charge in [-0.2, -0.15) is 0 Å². The van der Waals surface area contributed by atoms with Crippen LogP contribution in [0.15, 0.2) is 17.0 Å². The summed E-state index contributed by atoms with van der Waals surface area (Å²) in [7, 11) is 1.48. The first-order valence-corrected chi connectivity index (χ1v) is 9.72. The Hall–Kier alpha value is -2.19. The van der Waals surface area contributed by atoms with Gasteiger partial charge in [0.2, 0.25) is 0 Å². The average Bonchev–Trinajstić information content (AvgIpc) is 2.81. The van der Waals surface area contributed by atoms with Gasteiger partial charge in [0, 0.05) is 0 Å². The van der Waals surface area contributed by atoms with E-state index in [0.717, 1.165) is 16.7 Å². The second kappa shape index (κ2) is 8.87. The fourth-order valence-corrected chi connectivity index (χ4v) is 3.56. The molecule has 9 heteroatoms. The maximum absolute atomic E-state index is 12.6. The van der Waals surface area contributed by atoms with Gasteiger partial charge in [-0.3, -0.25) is 19.3 Å². The third-order valence-corrected chi connectivity index (χ3v) is 4.60. The van der Waals surface area contributed by atoms with Crippen LogP contribution in [0.2, 0.25) is 5.02 Å². The van der Waals surface area contributed by atoms with E-state index in [4.69, 9.17) is 25.8 Å². The molecule has 152 valence electrons. The van der Waals surface area contributed by atoms with Crippen LogP contribution in [0.3, 0.4) is 0 Å². The van der Waals surface area contributed by atoms with Crippen molar-refractivity contribution in [3.8, 4) is 11.5 Å². The number of rotatable bonds is 6. The fraction of sp³-hybridized carbons (Fsp3) is 0.421. The molecule has 0 aliphatic carbocycles. The number of imide groups is 1. The SMILES string of the molecule is CCOc1cc(/C=C2\SC(=O)N(CC(=O)OC(C)(C)C)C2=O)cc(Cl)c1OC. The van der Waals surface area contributed by atoms with Crippen LogP contribution < -0.4 is 9.47 Å². The second-order valence-corrected chi connectivity index (χ2v) is 8.22. The minimum absolute atomic E-state index is 0.178. The molecule has 7 nitrogen and oxygen atoms in total. The van der Waals surface area contributed by atoms with Crippen molar-refractivity contribution in [2.45, 2.75) is 33.3 Å². The quantitative estimate of drug-likeness (QED) is 0.498. The second-order valence-electron chi connectivity index (χ2n) is 6.82. The van der Waals surface area contributed by atoms with E-state index in [1.165, 1.54) is 13.2 Å². The predicted molar refractivity (Wildman–Crippen MR) is 108 cm³/mol. The monoisotopic (exact) mass is 427 g/mol. The van der Waals surface area contributed by atoms with E-state index in [2.05, 4.69) is 0 Å². The van der Waals surface area contributed by atoms with Crippen molar-refractivity contribution >= 4 is 46.6 Å². The summed E-state index contributed by atoms with van der Waals surface area (Å²) in [5.74, 6) is -0.400. The summed E-state index contributed by atoms with van der Waals surface area (Å²) >= 11 is 6.96. The standard InChI is InChI=1S/C19H22ClNO6S/c1-6-26-13-8-11(7-12(20)16(13)25-5)9-14-17(23)21(18(24)28-14)10-15(22)27-19(2,3)4/h7-9H,6,10H2,1-5H3/b14-9-. The first-order valence-electron chi connectivity index (χ1n) is 8.53. The summed E-state index contributed by atoms with van der Waals surface area (Å²) in [6.45, 7) is 6.92. The summed E-state index contributed by atoms with van der Waals surface area (Å²) in [5.41, 5.74) is -0.137. The number of esters is 1. The molecule has 0 N–H and O–H groups in total. The molecule has 1 aliphatic heterocycles. The van der Waals surface area contributed by atoms with E-state index in [-0.39, 0.29) is 4.91 Å². The van der Waals surface area contributed by atoms with Crippen molar-refractivity contribution < 1.29 is 28.6 Å². The number of benzene rings is 1. The van der Waals surface area contributed by atoms with Gasteiger partial charge in [0.05, 0.1) is 23.6 Å². The molecule has 1 aromatic rings. The van der Waals surface area contributed by atoms with Crippen molar-refractivity contribution in [2.75, 3.05) is 20.3 Å². The van der Waals surface area contributed by atoms with Gasteiger partial charge in [-0.25, -0.2) is 0 Å². The molecular formula is C19H22ClNO6S. The number of ether oxygens (including phenoxy) is 3. The Labute approximate surface area is 172 Å². The molecule has 2 amide bonds.